The molecule has 2 rings (SSSR count). The molecule has 1 heterocycles. The lowest BCUT2D eigenvalue weighted by Gasteiger charge is -2.17. The predicted octanol–water partition coefficient (Wildman–Crippen LogP) is 1.57. The van der Waals surface area contributed by atoms with Gasteiger partial charge in [0.05, 0.1) is 12.5 Å². The van der Waals surface area contributed by atoms with E-state index < -0.39 is 5.97 Å². The molecule has 108 valence electrons. The summed E-state index contributed by atoms with van der Waals surface area (Å²) in [5.74, 6) is -0.871. The van der Waals surface area contributed by atoms with Crippen LogP contribution in [0.5, 0.6) is 0 Å². The van der Waals surface area contributed by atoms with E-state index in [-0.39, 0.29) is 18.6 Å². The molecule has 2 amide bonds. The van der Waals surface area contributed by atoms with Crippen LogP contribution >= 0.6 is 0 Å². The third-order valence-electron chi connectivity index (χ3n) is 3.33. The van der Waals surface area contributed by atoms with Gasteiger partial charge in [-0.2, -0.15) is 0 Å². The second kappa shape index (κ2) is 6.38. The van der Waals surface area contributed by atoms with Crippen molar-refractivity contribution >= 4 is 17.7 Å². The lowest BCUT2D eigenvalue weighted by atomic mass is 10.1. The number of benzene rings is 1. The summed E-state index contributed by atoms with van der Waals surface area (Å²) in [6.45, 7) is 1.28. The number of amides is 2. The first-order chi connectivity index (χ1) is 9.58. The quantitative estimate of drug-likeness (QED) is 0.876. The Labute approximate surface area is 117 Å². The standard InChI is InChI=1S/C14H18N2O4/c1-20-12-6-7-16(9-12)14(19)15-11-4-2-10(3-5-11)8-13(17)18/h2-5,12H,6-9H2,1H3,(H,15,19)(H,17,18). The Morgan fingerprint density at radius 2 is 2.10 bits per heavy atom. The number of ether oxygens (including phenoxy) is 1. The number of anilines is 1. The fourth-order valence-corrected chi connectivity index (χ4v) is 2.19. The first-order valence-corrected chi connectivity index (χ1v) is 6.48. The number of urea groups is 1. The highest BCUT2D eigenvalue weighted by Gasteiger charge is 2.25. The fourth-order valence-electron chi connectivity index (χ4n) is 2.19. The Morgan fingerprint density at radius 1 is 1.40 bits per heavy atom. The van der Waals surface area contributed by atoms with Crippen molar-refractivity contribution in [1.29, 1.82) is 0 Å². The van der Waals surface area contributed by atoms with Gasteiger partial charge in [0, 0.05) is 25.9 Å². The van der Waals surface area contributed by atoms with E-state index in [1.165, 1.54) is 0 Å². The Hall–Kier alpha value is -2.08. The van der Waals surface area contributed by atoms with E-state index in [1.54, 1.807) is 36.3 Å². The molecule has 1 unspecified atom stereocenters. The van der Waals surface area contributed by atoms with Crippen molar-refractivity contribution in [2.24, 2.45) is 0 Å². The summed E-state index contributed by atoms with van der Waals surface area (Å²) in [7, 11) is 1.65. The normalized spacial score (nSPS) is 18.1. The molecule has 2 N–H and O–H groups in total. The maximum Gasteiger partial charge on any atom is 0.321 e. The van der Waals surface area contributed by atoms with Crippen LogP contribution in [0.4, 0.5) is 10.5 Å². The molecule has 0 radical (unpaired) electrons. The zero-order valence-corrected chi connectivity index (χ0v) is 11.3. The van der Waals surface area contributed by atoms with Gasteiger partial charge in [0.15, 0.2) is 0 Å². The molecule has 6 heteroatoms. The van der Waals surface area contributed by atoms with Crippen molar-refractivity contribution in [2.75, 3.05) is 25.5 Å². The predicted molar refractivity (Wildman–Crippen MR) is 73.8 cm³/mol. The summed E-state index contributed by atoms with van der Waals surface area (Å²) in [6, 6.07) is 6.66. The van der Waals surface area contributed by atoms with Crippen molar-refractivity contribution < 1.29 is 19.4 Å². The Balaban J connectivity index is 1.90. The van der Waals surface area contributed by atoms with E-state index in [9.17, 15) is 9.59 Å². The van der Waals surface area contributed by atoms with Gasteiger partial charge in [-0.25, -0.2) is 4.79 Å². The second-order valence-electron chi connectivity index (χ2n) is 4.79. The van der Waals surface area contributed by atoms with Gasteiger partial charge >= 0.3 is 12.0 Å². The number of hydrogen-bond donors (Lipinski definition) is 2. The smallest absolute Gasteiger partial charge is 0.321 e. The van der Waals surface area contributed by atoms with Crippen LogP contribution < -0.4 is 5.32 Å². The van der Waals surface area contributed by atoms with Crippen molar-refractivity contribution in [1.82, 2.24) is 4.90 Å². The summed E-state index contributed by atoms with van der Waals surface area (Å²) < 4.78 is 5.22. The number of carboxylic acid groups (broad SMARTS) is 1. The molecule has 20 heavy (non-hydrogen) atoms. The molecule has 0 aromatic heterocycles. The molecule has 1 aliphatic rings. The Kier molecular flexibility index (Phi) is 4.57. The minimum Gasteiger partial charge on any atom is -0.481 e. The molecule has 6 nitrogen and oxygen atoms in total. The lowest BCUT2D eigenvalue weighted by Crippen LogP contribution is -2.33. The highest BCUT2D eigenvalue weighted by atomic mass is 16.5. The van der Waals surface area contributed by atoms with Gasteiger partial charge in [0.1, 0.15) is 0 Å². The molecule has 1 fully saturated rings. The summed E-state index contributed by atoms with van der Waals surface area (Å²) in [5.41, 5.74) is 1.36. The fraction of sp³-hybridized carbons (Fsp3) is 0.429. The molecule has 0 saturated carbocycles. The second-order valence-corrected chi connectivity index (χ2v) is 4.79. The van der Waals surface area contributed by atoms with Crippen LogP contribution in [0.1, 0.15) is 12.0 Å². The van der Waals surface area contributed by atoms with Crippen LogP contribution in [0, 0.1) is 0 Å². The van der Waals surface area contributed by atoms with E-state index in [2.05, 4.69) is 5.32 Å². The molecule has 1 saturated heterocycles. The number of rotatable bonds is 4. The van der Waals surface area contributed by atoms with E-state index in [0.29, 0.717) is 24.3 Å². The van der Waals surface area contributed by atoms with Crippen LogP contribution in [0.3, 0.4) is 0 Å². The van der Waals surface area contributed by atoms with Crippen LogP contribution in [0.2, 0.25) is 0 Å². The number of nitrogens with zero attached hydrogens (tertiary/aromatic N) is 1. The molecule has 1 aromatic carbocycles. The Bertz CT molecular complexity index is 486. The number of likely N-dealkylation sites (tertiary alicyclic amines) is 1. The number of methoxy groups -OCH3 is 1. The van der Waals surface area contributed by atoms with Crippen molar-refractivity contribution in [3.63, 3.8) is 0 Å². The number of hydrogen-bond acceptors (Lipinski definition) is 3. The number of carboxylic acids is 1. The third-order valence-corrected chi connectivity index (χ3v) is 3.33. The van der Waals surface area contributed by atoms with Gasteiger partial charge in [0.25, 0.3) is 0 Å². The molecule has 0 bridgehead atoms. The van der Waals surface area contributed by atoms with Gasteiger partial charge in [-0.15, -0.1) is 0 Å². The first kappa shape index (κ1) is 14.3. The molecular weight excluding hydrogens is 260 g/mol. The zero-order chi connectivity index (χ0) is 14.5. The van der Waals surface area contributed by atoms with Gasteiger partial charge < -0.3 is 20.1 Å². The first-order valence-electron chi connectivity index (χ1n) is 6.48. The largest absolute Gasteiger partial charge is 0.481 e. The van der Waals surface area contributed by atoms with Gasteiger partial charge in [0.2, 0.25) is 0 Å². The van der Waals surface area contributed by atoms with E-state index in [0.717, 1.165) is 6.42 Å². The molecule has 0 aliphatic carbocycles. The summed E-state index contributed by atoms with van der Waals surface area (Å²) in [6.07, 6.45) is 0.941. The van der Waals surface area contributed by atoms with Crippen LogP contribution in [-0.2, 0) is 16.0 Å². The molecule has 0 spiro atoms. The number of carbonyl (C=O) groups excluding carboxylic acids is 1. The maximum absolute atomic E-state index is 12.0. The molecular formula is C14H18N2O4. The monoisotopic (exact) mass is 278 g/mol. The third kappa shape index (κ3) is 3.71. The van der Waals surface area contributed by atoms with Gasteiger partial charge in [-0.05, 0) is 24.1 Å². The molecule has 1 atom stereocenters. The van der Waals surface area contributed by atoms with E-state index in [1.807, 2.05) is 0 Å². The topological polar surface area (TPSA) is 78.9 Å². The average Bonchev–Trinajstić information content (AvgIpc) is 2.89. The van der Waals surface area contributed by atoms with E-state index in [4.69, 9.17) is 9.84 Å². The van der Waals surface area contributed by atoms with E-state index >= 15 is 0 Å². The van der Waals surface area contributed by atoms with Crippen LogP contribution in [-0.4, -0.2) is 48.3 Å². The van der Waals surface area contributed by atoms with Gasteiger partial charge in [-0.3, -0.25) is 4.79 Å². The molecule has 1 aliphatic heterocycles. The van der Waals surface area contributed by atoms with Crippen molar-refractivity contribution in [3.05, 3.63) is 29.8 Å². The highest BCUT2D eigenvalue weighted by molar-refractivity contribution is 5.89. The summed E-state index contributed by atoms with van der Waals surface area (Å²) in [4.78, 5) is 24.3. The number of carbonyl (C=O) groups is 2. The lowest BCUT2D eigenvalue weighted by molar-refractivity contribution is -0.136. The average molecular weight is 278 g/mol. The Morgan fingerprint density at radius 3 is 2.65 bits per heavy atom. The minimum absolute atomic E-state index is 0.0180. The van der Waals surface area contributed by atoms with Gasteiger partial charge in [-0.1, -0.05) is 12.1 Å². The van der Waals surface area contributed by atoms with Crippen LogP contribution in [0.15, 0.2) is 24.3 Å². The van der Waals surface area contributed by atoms with Crippen molar-refractivity contribution in [2.45, 2.75) is 18.9 Å². The number of aliphatic carboxylic acids is 1. The zero-order valence-electron chi connectivity index (χ0n) is 11.3. The summed E-state index contributed by atoms with van der Waals surface area (Å²) in [5, 5.41) is 11.5. The van der Waals surface area contributed by atoms with Crippen LogP contribution in [0.25, 0.3) is 0 Å². The maximum atomic E-state index is 12.0. The van der Waals surface area contributed by atoms with Crippen molar-refractivity contribution in [3.8, 4) is 0 Å². The minimum atomic E-state index is -0.871. The highest BCUT2D eigenvalue weighted by Crippen LogP contribution is 2.15. The summed E-state index contributed by atoms with van der Waals surface area (Å²) >= 11 is 0. The SMILES string of the molecule is COC1CCN(C(=O)Nc2ccc(CC(=O)O)cc2)C1. The number of nitrogens with one attached hydrogen (secondary N) is 1. The molecule has 1 aromatic rings.